The zero-order chi connectivity index (χ0) is 33.7. The molecule has 6 rings (SSSR count). The fourth-order valence-electron chi connectivity index (χ4n) is 7.66. The number of halogens is 5. The predicted octanol–water partition coefficient (Wildman–Crippen LogP) is 4.77. The molecule has 0 saturated carbocycles. The van der Waals surface area contributed by atoms with Crippen molar-refractivity contribution in [3.63, 3.8) is 0 Å². The summed E-state index contributed by atoms with van der Waals surface area (Å²) in [6.45, 7) is 14.1. The Hall–Kier alpha value is -4.03. The molecule has 2 N–H and O–H groups in total. The second-order valence-corrected chi connectivity index (χ2v) is 12.7. The quantitative estimate of drug-likeness (QED) is 0.196. The highest BCUT2D eigenvalue weighted by atomic mass is 19.4. The lowest BCUT2D eigenvalue weighted by Gasteiger charge is -2.41. The Morgan fingerprint density at radius 1 is 1.23 bits per heavy atom. The third-order valence-corrected chi connectivity index (χ3v) is 9.85. The zero-order valence-corrected chi connectivity index (χ0v) is 26.0. The number of hydrogen-bond acceptors (Lipinski definition) is 8. The first-order valence-corrected chi connectivity index (χ1v) is 15.6. The summed E-state index contributed by atoms with van der Waals surface area (Å²) in [5, 5.41) is 0. The number of nitrogens with two attached hydrogens (primary N) is 1. The molecular formula is C32H36F5N7O3. The van der Waals surface area contributed by atoms with Crippen LogP contribution in [0, 0.1) is 19.3 Å². The van der Waals surface area contributed by atoms with Crippen molar-refractivity contribution in [3.8, 4) is 6.01 Å². The van der Waals surface area contributed by atoms with Crippen LogP contribution in [0.4, 0.5) is 33.5 Å². The highest BCUT2D eigenvalue weighted by Gasteiger charge is 2.46. The summed E-state index contributed by atoms with van der Waals surface area (Å²) in [6.07, 6.45) is -2.42. The van der Waals surface area contributed by atoms with Crippen molar-refractivity contribution in [1.29, 1.82) is 0 Å². The third-order valence-electron chi connectivity index (χ3n) is 9.85. The van der Waals surface area contributed by atoms with Crippen LogP contribution in [-0.2, 0) is 28.7 Å². The largest absolute Gasteiger partial charge is 0.461 e. The van der Waals surface area contributed by atoms with Gasteiger partial charge in [0, 0.05) is 37.2 Å². The van der Waals surface area contributed by atoms with Gasteiger partial charge in [-0.15, -0.1) is 0 Å². The van der Waals surface area contributed by atoms with Crippen molar-refractivity contribution in [3.05, 3.63) is 63.7 Å². The average molecular weight is 662 g/mol. The Morgan fingerprint density at radius 3 is 2.62 bits per heavy atom. The monoisotopic (exact) mass is 661 g/mol. The van der Waals surface area contributed by atoms with E-state index < -0.39 is 52.7 Å². The maximum Gasteiger partial charge on any atom is 0.417 e. The van der Waals surface area contributed by atoms with Gasteiger partial charge in [-0.3, -0.25) is 9.69 Å². The highest BCUT2D eigenvalue weighted by molar-refractivity contribution is 5.91. The molecular weight excluding hydrogens is 625 g/mol. The fraction of sp³-hybridized carbons (Fsp3) is 0.562. The van der Waals surface area contributed by atoms with Gasteiger partial charge in [0.15, 0.2) is 11.6 Å². The molecule has 0 spiro atoms. The Kier molecular flexibility index (Phi) is 8.77. The molecule has 0 bridgehead atoms. The van der Waals surface area contributed by atoms with Gasteiger partial charge in [0.2, 0.25) is 6.54 Å². The van der Waals surface area contributed by atoms with E-state index in [1.807, 2.05) is 4.90 Å². The molecule has 10 nitrogen and oxygen atoms in total. The number of carbonyl (C=O) groups is 1. The molecule has 4 aliphatic heterocycles. The van der Waals surface area contributed by atoms with E-state index in [0.717, 1.165) is 44.8 Å². The first kappa shape index (κ1) is 32.9. The first-order chi connectivity index (χ1) is 22.3. The van der Waals surface area contributed by atoms with E-state index in [-0.39, 0.29) is 56.3 Å². The predicted molar refractivity (Wildman–Crippen MR) is 162 cm³/mol. The topological polar surface area (TPSA) is 101 Å². The molecule has 1 aromatic heterocycles. The van der Waals surface area contributed by atoms with E-state index in [1.165, 1.54) is 11.8 Å². The summed E-state index contributed by atoms with van der Waals surface area (Å²) in [5.74, 6) is -2.84. The molecule has 2 unspecified atom stereocenters. The Labute approximate surface area is 269 Å². The number of aromatic nitrogens is 2. The Balaban J connectivity index is 1.38. The number of ether oxygens (including phenoxy) is 2. The number of fused-ring (bicyclic) bond motifs is 2. The lowest BCUT2D eigenvalue weighted by molar-refractivity contribution is -0.140. The molecule has 0 radical (unpaired) electrons. The molecule has 0 aliphatic carbocycles. The summed E-state index contributed by atoms with van der Waals surface area (Å²) >= 11 is 0. The van der Waals surface area contributed by atoms with Gasteiger partial charge in [-0.2, -0.15) is 23.1 Å². The Morgan fingerprint density at radius 2 is 1.96 bits per heavy atom. The maximum atomic E-state index is 15.4. The normalized spacial score (nSPS) is 22.5. The van der Waals surface area contributed by atoms with Gasteiger partial charge < -0.3 is 29.9 Å². The molecule has 47 heavy (non-hydrogen) atoms. The van der Waals surface area contributed by atoms with E-state index in [9.17, 15) is 22.4 Å². The van der Waals surface area contributed by atoms with Crippen LogP contribution in [-0.4, -0.2) is 83.1 Å². The standard InChI is InChI=1S/C32H36F5N7O3/c1-18-12-22(38)27(34)25(26(18)32(35,36)37)24-13-23-21(16-46-24)28(42-10-11-44(29(45)19(2)33)20(15-42)14-39-3)41-30(40-23)47-17-31-6-4-8-43(31)9-5-7-31/h12,20,24H,2,4-11,13-17,38H2,1H3. The number of anilines is 2. The van der Waals surface area contributed by atoms with Crippen LogP contribution >= 0.6 is 0 Å². The van der Waals surface area contributed by atoms with Crippen molar-refractivity contribution in [1.82, 2.24) is 19.8 Å². The molecule has 1 amide bonds. The van der Waals surface area contributed by atoms with E-state index in [0.29, 0.717) is 23.7 Å². The number of aryl methyl sites for hydroxylation is 1. The van der Waals surface area contributed by atoms with E-state index >= 15 is 4.39 Å². The van der Waals surface area contributed by atoms with Crippen LogP contribution in [0.25, 0.3) is 4.85 Å². The molecule has 15 heteroatoms. The molecule has 252 valence electrons. The first-order valence-electron chi connectivity index (χ1n) is 15.6. The fourth-order valence-corrected chi connectivity index (χ4v) is 7.66. The lowest BCUT2D eigenvalue weighted by Crippen LogP contribution is -2.57. The van der Waals surface area contributed by atoms with Crippen LogP contribution in [0.1, 0.15) is 59.7 Å². The van der Waals surface area contributed by atoms with Crippen molar-refractivity contribution in [2.45, 2.75) is 69.5 Å². The second kappa shape index (κ2) is 12.5. The molecule has 1 aromatic carbocycles. The highest BCUT2D eigenvalue weighted by Crippen LogP contribution is 2.45. The van der Waals surface area contributed by atoms with Gasteiger partial charge >= 0.3 is 12.2 Å². The van der Waals surface area contributed by atoms with Gasteiger partial charge in [-0.25, -0.2) is 15.4 Å². The van der Waals surface area contributed by atoms with Crippen LogP contribution in [0.2, 0.25) is 0 Å². The second-order valence-electron chi connectivity index (χ2n) is 12.7. The van der Waals surface area contributed by atoms with Gasteiger partial charge in [0.25, 0.3) is 5.91 Å². The van der Waals surface area contributed by atoms with Crippen molar-refractivity contribution < 1.29 is 36.2 Å². The SMILES string of the molecule is [C-]#[N+]CC1CN(c2nc(OCC34CCCN3CCC4)nc3c2COC(c2c(F)c(N)cc(C)c2C(F)(F)F)C3)CCN1C(=O)C(=C)F. The number of benzene rings is 1. The number of nitrogens with zero attached hydrogens (tertiary/aromatic N) is 6. The van der Waals surface area contributed by atoms with Crippen molar-refractivity contribution in [2.24, 2.45) is 0 Å². The molecule has 4 aliphatic rings. The van der Waals surface area contributed by atoms with Crippen LogP contribution in [0.5, 0.6) is 6.01 Å². The number of hydrogen-bond donors (Lipinski definition) is 1. The smallest absolute Gasteiger partial charge is 0.417 e. The van der Waals surface area contributed by atoms with Crippen LogP contribution < -0.4 is 15.4 Å². The summed E-state index contributed by atoms with van der Waals surface area (Å²) in [6, 6.07) is 0.295. The molecule has 2 atom stereocenters. The molecule has 2 aromatic rings. The van der Waals surface area contributed by atoms with Gasteiger partial charge in [0.1, 0.15) is 18.5 Å². The maximum absolute atomic E-state index is 15.4. The summed E-state index contributed by atoms with van der Waals surface area (Å²) < 4.78 is 84.1. The van der Waals surface area contributed by atoms with E-state index in [2.05, 4.69) is 21.3 Å². The van der Waals surface area contributed by atoms with Gasteiger partial charge in [0.05, 0.1) is 35.2 Å². The number of rotatable bonds is 7. The van der Waals surface area contributed by atoms with Crippen molar-refractivity contribution in [2.75, 3.05) is 56.5 Å². The number of amides is 1. The number of carbonyl (C=O) groups excluding carboxylic acids is 1. The number of piperazine rings is 1. The number of alkyl halides is 3. The molecule has 3 fully saturated rings. The summed E-state index contributed by atoms with van der Waals surface area (Å²) in [4.78, 5) is 30.8. The molecule has 5 heterocycles. The van der Waals surface area contributed by atoms with E-state index in [4.69, 9.17) is 26.8 Å². The molecule has 3 saturated heterocycles. The minimum atomic E-state index is -4.86. The van der Waals surface area contributed by atoms with Crippen LogP contribution in [0.15, 0.2) is 18.5 Å². The van der Waals surface area contributed by atoms with E-state index in [1.54, 1.807) is 0 Å². The van der Waals surface area contributed by atoms with Gasteiger partial charge in [-0.05, 0) is 57.3 Å². The zero-order valence-electron chi connectivity index (χ0n) is 26.0. The number of nitrogen functional groups attached to an aromatic ring is 1. The minimum absolute atomic E-state index is 0.0187. The van der Waals surface area contributed by atoms with Crippen molar-refractivity contribution >= 4 is 17.4 Å². The summed E-state index contributed by atoms with van der Waals surface area (Å²) in [7, 11) is 0. The lowest BCUT2D eigenvalue weighted by atomic mass is 9.91. The summed E-state index contributed by atoms with van der Waals surface area (Å²) in [5.41, 5.74) is 3.99. The Bertz CT molecular complexity index is 1620. The van der Waals surface area contributed by atoms with Crippen LogP contribution in [0.3, 0.4) is 0 Å². The minimum Gasteiger partial charge on any atom is -0.461 e. The average Bonchev–Trinajstić information content (AvgIpc) is 3.61. The van der Waals surface area contributed by atoms with Gasteiger partial charge in [-0.1, -0.05) is 6.58 Å². The third kappa shape index (κ3) is 6.09.